The maximum atomic E-state index is 5.72. The van der Waals surface area contributed by atoms with E-state index in [-0.39, 0.29) is 18.0 Å². The van der Waals surface area contributed by atoms with Crippen LogP contribution < -0.4 is 9.47 Å². The summed E-state index contributed by atoms with van der Waals surface area (Å²) in [4.78, 5) is 0. The van der Waals surface area contributed by atoms with Crippen molar-refractivity contribution >= 4 is 0 Å². The van der Waals surface area contributed by atoms with Crippen LogP contribution in [0, 0.1) is 0 Å². The van der Waals surface area contributed by atoms with E-state index in [0.29, 0.717) is 39.6 Å². The molecule has 2 atom stereocenters. The van der Waals surface area contributed by atoms with Gasteiger partial charge in [0.05, 0.1) is 13.2 Å². The number of benzene rings is 2. The quantitative estimate of drug-likeness (QED) is 0.401. The lowest BCUT2D eigenvalue weighted by molar-refractivity contribution is 0.0323. The highest BCUT2D eigenvalue weighted by Crippen LogP contribution is 2.33. The molecule has 0 radical (unpaired) electrons. The molecule has 0 N–H and O–H groups in total. The van der Waals surface area contributed by atoms with Gasteiger partial charge in [-0.15, -0.1) is 0 Å². The third-order valence-corrected chi connectivity index (χ3v) is 5.07. The minimum absolute atomic E-state index is 0.0239. The molecule has 0 aromatic heterocycles. The van der Waals surface area contributed by atoms with Crippen molar-refractivity contribution in [1.29, 1.82) is 0 Å². The molecule has 2 aliphatic heterocycles. The predicted molar refractivity (Wildman–Crippen MR) is 107 cm³/mol. The van der Waals surface area contributed by atoms with Crippen LogP contribution in [0.1, 0.15) is 25.0 Å². The summed E-state index contributed by atoms with van der Waals surface area (Å²) in [6.07, 6.45) is -0.0477. The van der Waals surface area contributed by atoms with Gasteiger partial charge in [0.25, 0.3) is 0 Å². The highest BCUT2D eigenvalue weighted by molar-refractivity contribution is 5.41. The molecule has 2 aliphatic rings. The molecule has 2 fully saturated rings. The summed E-state index contributed by atoms with van der Waals surface area (Å²) < 4.78 is 32.2. The zero-order chi connectivity index (χ0) is 20.1. The van der Waals surface area contributed by atoms with Gasteiger partial charge in [0, 0.05) is 5.41 Å². The Morgan fingerprint density at radius 3 is 1.41 bits per heavy atom. The van der Waals surface area contributed by atoms with Crippen LogP contribution in [-0.2, 0) is 24.4 Å². The first-order chi connectivity index (χ1) is 14.1. The fraction of sp³-hybridized carbons (Fsp3) is 0.478. The molecule has 4 rings (SSSR count). The first-order valence-electron chi connectivity index (χ1n) is 10.0. The van der Waals surface area contributed by atoms with E-state index in [1.54, 1.807) is 0 Å². The van der Waals surface area contributed by atoms with E-state index in [0.717, 1.165) is 11.5 Å². The molecule has 156 valence electrons. The van der Waals surface area contributed by atoms with Gasteiger partial charge in [0.1, 0.15) is 37.9 Å². The molecule has 6 nitrogen and oxygen atoms in total. The molecule has 2 heterocycles. The van der Waals surface area contributed by atoms with Crippen molar-refractivity contribution in [3.8, 4) is 11.5 Å². The van der Waals surface area contributed by atoms with Crippen LogP contribution in [0.2, 0.25) is 0 Å². The Hall–Kier alpha value is -2.12. The fourth-order valence-electron chi connectivity index (χ4n) is 3.05. The molecule has 29 heavy (non-hydrogen) atoms. The Morgan fingerprint density at radius 1 is 0.690 bits per heavy atom. The van der Waals surface area contributed by atoms with E-state index in [2.05, 4.69) is 38.1 Å². The molecule has 2 unspecified atom stereocenters. The Balaban J connectivity index is 1.27. The summed E-state index contributed by atoms with van der Waals surface area (Å²) >= 11 is 0. The lowest BCUT2D eigenvalue weighted by atomic mass is 9.78. The zero-order valence-electron chi connectivity index (χ0n) is 17.0. The van der Waals surface area contributed by atoms with Crippen molar-refractivity contribution < 1.29 is 28.4 Å². The Morgan fingerprint density at radius 2 is 1.07 bits per heavy atom. The summed E-state index contributed by atoms with van der Waals surface area (Å²) in [5, 5.41) is 0. The van der Waals surface area contributed by atoms with Crippen LogP contribution in [0.15, 0.2) is 48.5 Å². The molecule has 6 heteroatoms. The normalized spacial score (nSPS) is 20.3. The predicted octanol–water partition coefficient (Wildman–Crippen LogP) is 3.52. The molecule has 0 spiro atoms. The molecule has 2 saturated heterocycles. The van der Waals surface area contributed by atoms with E-state index < -0.39 is 0 Å². The Bertz CT molecular complexity index is 697. The summed E-state index contributed by atoms with van der Waals surface area (Å²) in [7, 11) is 0. The van der Waals surface area contributed by atoms with Gasteiger partial charge < -0.3 is 28.4 Å². The van der Waals surface area contributed by atoms with E-state index >= 15 is 0 Å². The average molecular weight is 400 g/mol. The van der Waals surface area contributed by atoms with E-state index in [4.69, 9.17) is 28.4 Å². The van der Waals surface area contributed by atoms with Crippen molar-refractivity contribution in [3.05, 3.63) is 59.7 Å². The molecular formula is C23H28O6. The topological polar surface area (TPSA) is 62.0 Å². The van der Waals surface area contributed by atoms with Crippen LogP contribution in [-0.4, -0.2) is 52.2 Å². The minimum Gasteiger partial charge on any atom is -0.491 e. The summed E-state index contributed by atoms with van der Waals surface area (Å²) in [6.45, 7) is 7.92. The smallest absolute Gasteiger partial charge is 0.181 e. The summed E-state index contributed by atoms with van der Waals surface area (Å²) in [6, 6.07) is 16.5. The van der Waals surface area contributed by atoms with Gasteiger partial charge in [-0.1, -0.05) is 38.1 Å². The third-order valence-electron chi connectivity index (χ3n) is 5.07. The number of ether oxygens (including phenoxy) is 6. The van der Waals surface area contributed by atoms with Crippen LogP contribution in [0.3, 0.4) is 0 Å². The van der Waals surface area contributed by atoms with Gasteiger partial charge in [0.2, 0.25) is 0 Å². The molecule has 0 amide bonds. The van der Waals surface area contributed by atoms with Crippen LogP contribution in [0.4, 0.5) is 0 Å². The first-order valence-corrected chi connectivity index (χ1v) is 10.0. The molecule has 2 aromatic carbocycles. The fourth-order valence-corrected chi connectivity index (χ4v) is 3.05. The molecule has 0 bridgehead atoms. The molecule has 0 saturated carbocycles. The van der Waals surface area contributed by atoms with Gasteiger partial charge in [-0.05, 0) is 35.4 Å². The van der Waals surface area contributed by atoms with Crippen molar-refractivity contribution in [2.24, 2.45) is 0 Å². The van der Waals surface area contributed by atoms with Crippen LogP contribution >= 0.6 is 0 Å². The van der Waals surface area contributed by atoms with Gasteiger partial charge in [0.15, 0.2) is 12.6 Å². The molecular weight excluding hydrogens is 372 g/mol. The van der Waals surface area contributed by atoms with Gasteiger partial charge in [-0.3, -0.25) is 0 Å². The maximum Gasteiger partial charge on any atom is 0.181 e. The van der Waals surface area contributed by atoms with E-state index in [1.165, 1.54) is 11.1 Å². The minimum atomic E-state index is -0.129. The molecule has 2 aromatic rings. The first kappa shape index (κ1) is 20.2. The highest BCUT2D eigenvalue weighted by atomic mass is 16.8. The second-order valence-electron chi connectivity index (χ2n) is 7.64. The van der Waals surface area contributed by atoms with Gasteiger partial charge in [-0.2, -0.15) is 0 Å². The molecule has 0 aliphatic carbocycles. The van der Waals surface area contributed by atoms with E-state index in [9.17, 15) is 0 Å². The van der Waals surface area contributed by atoms with Crippen LogP contribution in [0.5, 0.6) is 11.5 Å². The number of hydrogen-bond acceptors (Lipinski definition) is 6. The third kappa shape index (κ3) is 5.93. The van der Waals surface area contributed by atoms with E-state index in [1.807, 2.05) is 24.3 Å². The second-order valence-corrected chi connectivity index (χ2v) is 7.64. The average Bonchev–Trinajstić information content (AvgIpc) is 3.65. The Labute approximate surface area is 171 Å². The lowest BCUT2D eigenvalue weighted by Gasteiger charge is -2.26. The van der Waals surface area contributed by atoms with Gasteiger partial charge >= 0.3 is 0 Å². The van der Waals surface area contributed by atoms with Crippen molar-refractivity contribution in [2.75, 3.05) is 39.6 Å². The summed E-state index contributed by atoms with van der Waals surface area (Å²) in [5.74, 6) is 1.68. The van der Waals surface area contributed by atoms with Crippen molar-refractivity contribution in [3.63, 3.8) is 0 Å². The second kappa shape index (κ2) is 9.13. The number of hydrogen-bond donors (Lipinski definition) is 0. The monoisotopic (exact) mass is 400 g/mol. The van der Waals surface area contributed by atoms with Crippen molar-refractivity contribution in [2.45, 2.75) is 31.8 Å². The largest absolute Gasteiger partial charge is 0.491 e. The SMILES string of the molecule is CC(C)(c1ccc(OCCOC2CO2)cc1)c1ccc(OCCOC2CO2)cc1. The van der Waals surface area contributed by atoms with Crippen molar-refractivity contribution in [1.82, 2.24) is 0 Å². The van der Waals surface area contributed by atoms with Crippen LogP contribution in [0.25, 0.3) is 0 Å². The van der Waals surface area contributed by atoms with Gasteiger partial charge in [-0.25, -0.2) is 0 Å². The summed E-state index contributed by atoms with van der Waals surface area (Å²) in [5.41, 5.74) is 2.31. The zero-order valence-corrected chi connectivity index (χ0v) is 17.0. The Kier molecular flexibility index (Phi) is 6.35. The standard InChI is InChI=1S/C23H28O6/c1-23(2,17-3-7-19(8-4-17)24-11-13-26-21-15-28-21)18-5-9-20(10-6-18)25-12-14-27-22-16-29-22/h3-10,21-22H,11-16H2,1-2H3. The maximum absolute atomic E-state index is 5.72. The highest BCUT2D eigenvalue weighted by Gasteiger charge is 2.24. The number of rotatable bonds is 12. The number of epoxide rings is 2. The lowest BCUT2D eigenvalue weighted by Crippen LogP contribution is -2.18.